The monoisotopic (exact) mass is 186 g/mol. The Hall–Kier alpha value is -0.740. The Kier molecular flexibility index (Phi) is 3.57. The second-order valence-electron chi connectivity index (χ2n) is 3.10. The largest absolute Gasteiger partial charge is 0.355 e. The summed E-state index contributed by atoms with van der Waals surface area (Å²) in [6, 6.07) is 0. The van der Waals surface area contributed by atoms with E-state index in [-0.39, 0.29) is 11.6 Å². The molecule has 13 heavy (non-hydrogen) atoms. The fraction of sp³-hybridized carbons (Fsp3) is 0.778. The van der Waals surface area contributed by atoms with Crippen LogP contribution >= 0.6 is 0 Å². The molecular weight excluding hydrogens is 172 g/mol. The number of ether oxygens (including phenoxy) is 2. The van der Waals surface area contributed by atoms with Crippen LogP contribution in [0.2, 0.25) is 0 Å². The molecule has 4 heteroatoms. The van der Waals surface area contributed by atoms with Gasteiger partial charge in [0.15, 0.2) is 6.29 Å². The Labute approximate surface area is 77.2 Å². The molecule has 0 spiro atoms. The van der Waals surface area contributed by atoms with E-state index in [1.807, 2.05) is 0 Å². The van der Waals surface area contributed by atoms with E-state index in [9.17, 15) is 9.59 Å². The molecule has 1 fully saturated rings. The van der Waals surface area contributed by atoms with Crippen molar-refractivity contribution in [2.75, 3.05) is 14.2 Å². The fourth-order valence-corrected chi connectivity index (χ4v) is 1.60. The SMILES string of the molecule is COC(OC)C1C(=O)CCCC1=O. The topological polar surface area (TPSA) is 52.6 Å². The standard InChI is InChI=1S/C9H14O4/c1-12-9(13-2)8-6(10)4-3-5-7(8)11/h8-9H,3-5H2,1-2H3. The Bertz CT molecular complexity index is 192. The van der Waals surface area contributed by atoms with E-state index in [2.05, 4.69) is 0 Å². The summed E-state index contributed by atoms with van der Waals surface area (Å²) < 4.78 is 9.83. The van der Waals surface area contributed by atoms with Gasteiger partial charge in [-0.1, -0.05) is 0 Å². The summed E-state index contributed by atoms with van der Waals surface area (Å²) in [5.74, 6) is -0.835. The number of Topliss-reactive ketones (excluding diaryl/α,β-unsaturated/α-hetero) is 2. The molecule has 74 valence electrons. The Balaban J connectivity index is 2.72. The zero-order chi connectivity index (χ0) is 9.84. The lowest BCUT2D eigenvalue weighted by Gasteiger charge is -2.25. The van der Waals surface area contributed by atoms with Crippen molar-refractivity contribution in [1.29, 1.82) is 0 Å². The second kappa shape index (κ2) is 4.48. The van der Waals surface area contributed by atoms with Crippen LogP contribution in [0.3, 0.4) is 0 Å². The van der Waals surface area contributed by atoms with E-state index >= 15 is 0 Å². The van der Waals surface area contributed by atoms with Gasteiger partial charge < -0.3 is 9.47 Å². The molecule has 0 amide bonds. The zero-order valence-corrected chi connectivity index (χ0v) is 7.91. The summed E-state index contributed by atoms with van der Waals surface area (Å²) in [4.78, 5) is 22.8. The highest BCUT2D eigenvalue weighted by Crippen LogP contribution is 2.22. The van der Waals surface area contributed by atoms with Gasteiger partial charge in [-0.2, -0.15) is 0 Å². The highest BCUT2D eigenvalue weighted by Gasteiger charge is 2.36. The number of methoxy groups -OCH3 is 2. The third-order valence-corrected chi connectivity index (χ3v) is 2.28. The predicted octanol–water partition coefficient (Wildman–Crippen LogP) is 0.544. The van der Waals surface area contributed by atoms with Gasteiger partial charge in [0.05, 0.1) is 0 Å². The summed E-state index contributed by atoms with van der Waals surface area (Å²) in [6.45, 7) is 0. The number of carbonyl (C=O) groups is 2. The molecule has 0 aromatic rings. The van der Waals surface area contributed by atoms with Crippen LogP contribution in [0.25, 0.3) is 0 Å². The predicted molar refractivity (Wildman–Crippen MR) is 45.2 cm³/mol. The van der Waals surface area contributed by atoms with Gasteiger partial charge >= 0.3 is 0 Å². The van der Waals surface area contributed by atoms with Crippen molar-refractivity contribution >= 4 is 11.6 Å². The van der Waals surface area contributed by atoms with Crippen molar-refractivity contribution in [1.82, 2.24) is 0 Å². The Morgan fingerprint density at radius 1 is 1.15 bits per heavy atom. The molecule has 0 aromatic carbocycles. The van der Waals surface area contributed by atoms with Crippen LogP contribution in [-0.4, -0.2) is 32.1 Å². The minimum Gasteiger partial charge on any atom is -0.355 e. The fourth-order valence-electron chi connectivity index (χ4n) is 1.60. The number of hydrogen-bond donors (Lipinski definition) is 0. The van der Waals surface area contributed by atoms with Gasteiger partial charge in [0, 0.05) is 27.1 Å². The minimum absolute atomic E-state index is 0.0649. The Morgan fingerprint density at radius 2 is 1.62 bits per heavy atom. The molecule has 4 nitrogen and oxygen atoms in total. The molecule has 0 aromatic heterocycles. The van der Waals surface area contributed by atoms with E-state index in [4.69, 9.17) is 9.47 Å². The summed E-state index contributed by atoms with van der Waals surface area (Å²) in [5.41, 5.74) is 0. The lowest BCUT2D eigenvalue weighted by molar-refractivity contribution is -0.167. The lowest BCUT2D eigenvalue weighted by atomic mass is 9.86. The maximum Gasteiger partial charge on any atom is 0.173 e. The van der Waals surface area contributed by atoms with Crippen LogP contribution in [-0.2, 0) is 19.1 Å². The van der Waals surface area contributed by atoms with Gasteiger partial charge in [0.2, 0.25) is 0 Å². The molecule has 0 saturated heterocycles. The molecule has 1 saturated carbocycles. The normalized spacial score (nSPS) is 19.9. The first-order valence-electron chi connectivity index (χ1n) is 4.31. The van der Waals surface area contributed by atoms with Crippen molar-refractivity contribution in [3.05, 3.63) is 0 Å². The number of ketones is 2. The van der Waals surface area contributed by atoms with Crippen LogP contribution in [0.4, 0.5) is 0 Å². The van der Waals surface area contributed by atoms with Crippen molar-refractivity contribution in [3.63, 3.8) is 0 Å². The molecule has 0 radical (unpaired) electrons. The highest BCUT2D eigenvalue weighted by atomic mass is 16.7. The smallest absolute Gasteiger partial charge is 0.173 e. The number of hydrogen-bond acceptors (Lipinski definition) is 4. The molecular formula is C9H14O4. The van der Waals surface area contributed by atoms with E-state index in [1.165, 1.54) is 14.2 Å². The average molecular weight is 186 g/mol. The molecule has 0 unspecified atom stereocenters. The zero-order valence-electron chi connectivity index (χ0n) is 7.91. The maximum absolute atomic E-state index is 11.4. The van der Waals surface area contributed by atoms with Crippen LogP contribution in [0.15, 0.2) is 0 Å². The Morgan fingerprint density at radius 3 is 2.00 bits per heavy atom. The maximum atomic E-state index is 11.4. The first kappa shape index (κ1) is 10.3. The van der Waals surface area contributed by atoms with E-state index in [1.54, 1.807) is 0 Å². The lowest BCUT2D eigenvalue weighted by Crippen LogP contribution is -2.40. The van der Waals surface area contributed by atoms with Crippen LogP contribution < -0.4 is 0 Å². The second-order valence-corrected chi connectivity index (χ2v) is 3.10. The van der Waals surface area contributed by atoms with Gasteiger partial charge in [-0.05, 0) is 6.42 Å². The molecule has 0 aliphatic heterocycles. The van der Waals surface area contributed by atoms with Gasteiger partial charge in [-0.25, -0.2) is 0 Å². The first-order chi connectivity index (χ1) is 6.20. The van der Waals surface area contributed by atoms with Crippen molar-refractivity contribution in [2.24, 2.45) is 5.92 Å². The molecule has 0 bridgehead atoms. The van der Waals surface area contributed by atoms with Crippen LogP contribution in [0.1, 0.15) is 19.3 Å². The minimum atomic E-state index is -0.708. The summed E-state index contributed by atoms with van der Waals surface area (Å²) in [7, 11) is 2.87. The molecule has 1 rings (SSSR count). The van der Waals surface area contributed by atoms with E-state index < -0.39 is 12.2 Å². The number of rotatable bonds is 3. The van der Waals surface area contributed by atoms with Gasteiger partial charge in [-0.15, -0.1) is 0 Å². The van der Waals surface area contributed by atoms with Gasteiger partial charge in [0.25, 0.3) is 0 Å². The molecule has 0 N–H and O–H groups in total. The molecule has 1 aliphatic rings. The third-order valence-electron chi connectivity index (χ3n) is 2.28. The van der Waals surface area contributed by atoms with Crippen LogP contribution in [0, 0.1) is 5.92 Å². The van der Waals surface area contributed by atoms with Gasteiger partial charge in [0.1, 0.15) is 17.5 Å². The summed E-state index contributed by atoms with van der Waals surface area (Å²) in [6.07, 6.45) is 0.869. The molecule has 0 heterocycles. The van der Waals surface area contributed by atoms with Crippen LogP contribution in [0.5, 0.6) is 0 Å². The third kappa shape index (κ3) is 2.14. The summed E-state index contributed by atoms with van der Waals surface area (Å²) in [5, 5.41) is 0. The van der Waals surface area contributed by atoms with Crippen molar-refractivity contribution < 1.29 is 19.1 Å². The van der Waals surface area contributed by atoms with E-state index in [0.717, 1.165) is 0 Å². The van der Waals surface area contributed by atoms with E-state index in [0.29, 0.717) is 19.3 Å². The van der Waals surface area contributed by atoms with Crippen molar-refractivity contribution in [2.45, 2.75) is 25.6 Å². The number of carbonyl (C=O) groups excluding carboxylic acids is 2. The molecule has 1 aliphatic carbocycles. The average Bonchev–Trinajstić information content (AvgIpc) is 2.11. The van der Waals surface area contributed by atoms with Gasteiger partial charge in [-0.3, -0.25) is 9.59 Å². The first-order valence-corrected chi connectivity index (χ1v) is 4.31. The summed E-state index contributed by atoms with van der Waals surface area (Å²) >= 11 is 0. The van der Waals surface area contributed by atoms with Crippen molar-refractivity contribution in [3.8, 4) is 0 Å². The highest BCUT2D eigenvalue weighted by molar-refractivity contribution is 6.04. The molecule has 0 atom stereocenters. The quantitative estimate of drug-likeness (QED) is 0.477.